The molecule has 4 aliphatic carbocycles. The fourth-order valence-corrected chi connectivity index (χ4v) is 6.34. The molecule has 2 atom stereocenters. The minimum absolute atomic E-state index is 0.0912. The minimum Gasteiger partial charge on any atom is -0.390 e. The van der Waals surface area contributed by atoms with E-state index in [4.69, 9.17) is 0 Å². The largest absolute Gasteiger partial charge is 0.390 e. The standard InChI is InChI=1S/C23H30FN5O2/c1-4-29-19(28(3)21-17(24)5-13(2)12-25-21)8-18(27-29)22(30)26-20-15-6-14-7-16(20)11-23(31,9-14)10-15/h5,8,12,14-16,20,31H,4,6-7,9-11H2,1-3H3,(H,26,30). The van der Waals surface area contributed by atoms with Crippen LogP contribution >= 0.6 is 0 Å². The van der Waals surface area contributed by atoms with E-state index in [1.165, 1.54) is 6.07 Å². The van der Waals surface area contributed by atoms with Gasteiger partial charge in [-0.3, -0.25) is 4.79 Å². The Morgan fingerprint density at radius 2 is 2.03 bits per heavy atom. The molecule has 2 aromatic rings. The van der Waals surface area contributed by atoms with Crippen LogP contribution in [0.5, 0.6) is 0 Å². The predicted octanol–water partition coefficient (Wildman–Crippen LogP) is 3.18. The zero-order chi connectivity index (χ0) is 21.9. The Kier molecular flexibility index (Phi) is 4.80. The fourth-order valence-electron chi connectivity index (χ4n) is 6.34. The van der Waals surface area contributed by atoms with Gasteiger partial charge in [0.25, 0.3) is 5.91 Å². The lowest BCUT2D eigenvalue weighted by Gasteiger charge is -2.58. The summed E-state index contributed by atoms with van der Waals surface area (Å²) in [6, 6.07) is 3.23. The summed E-state index contributed by atoms with van der Waals surface area (Å²) in [5, 5.41) is 18.5. The maximum Gasteiger partial charge on any atom is 0.272 e. The van der Waals surface area contributed by atoms with Crippen LogP contribution in [0.1, 0.15) is 55.1 Å². The van der Waals surface area contributed by atoms with Crippen molar-refractivity contribution in [2.75, 3.05) is 11.9 Å². The molecular formula is C23H30FN5O2. The van der Waals surface area contributed by atoms with Crippen molar-refractivity contribution in [3.05, 3.63) is 35.4 Å². The first kappa shape index (κ1) is 20.4. The smallest absolute Gasteiger partial charge is 0.272 e. The molecule has 0 aromatic carbocycles. The van der Waals surface area contributed by atoms with Gasteiger partial charge < -0.3 is 15.3 Å². The number of aromatic nitrogens is 3. The number of aryl methyl sites for hydroxylation is 2. The van der Waals surface area contributed by atoms with Gasteiger partial charge in [-0.1, -0.05) is 0 Å². The molecule has 4 bridgehead atoms. The number of hydrogen-bond acceptors (Lipinski definition) is 5. The van der Waals surface area contributed by atoms with Gasteiger partial charge in [-0.25, -0.2) is 14.1 Å². The summed E-state index contributed by atoms with van der Waals surface area (Å²) in [4.78, 5) is 19.0. The van der Waals surface area contributed by atoms with Gasteiger partial charge >= 0.3 is 0 Å². The van der Waals surface area contributed by atoms with E-state index in [2.05, 4.69) is 15.4 Å². The number of rotatable bonds is 5. The molecule has 31 heavy (non-hydrogen) atoms. The molecule has 2 heterocycles. The summed E-state index contributed by atoms with van der Waals surface area (Å²) in [5.41, 5.74) is 0.547. The molecule has 166 valence electrons. The van der Waals surface area contributed by atoms with Crippen molar-refractivity contribution in [3.8, 4) is 0 Å². The molecule has 8 heteroatoms. The summed E-state index contributed by atoms with van der Waals surface area (Å²) in [7, 11) is 1.73. The van der Waals surface area contributed by atoms with Crippen LogP contribution < -0.4 is 10.2 Å². The second-order valence-corrected chi connectivity index (χ2v) is 9.77. The second kappa shape index (κ2) is 7.29. The topological polar surface area (TPSA) is 83.3 Å². The van der Waals surface area contributed by atoms with Crippen LogP contribution in [-0.2, 0) is 6.54 Å². The molecule has 1 amide bonds. The molecule has 4 saturated carbocycles. The first-order chi connectivity index (χ1) is 14.8. The normalized spacial score (nSPS) is 31.1. The van der Waals surface area contributed by atoms with E-state index in [0.29, 0.717) is 35.8 Å². The maximum absolute atomic E-state index is 14.5. The number of halogens is 1. The highest BCUT2D eigenvalue weighted by Gasteiger charge is 2.55. The van der Waals surface area contributed by atoms with Crippen molar-refractivity contribution < 1.29 is 14.3 Å². The number of hydrogen-bond donors (Lipinski definition) is 2. The van der Waals surface area contributed by atoms with Gasteiger partial charge in [0.15, 0.2) is 17.3 Å². The molecule has 2 unspecified atom stereocenters. The van der Waals surface area contributed by atoms with Crippen LogP contribution in [0.25, 0.3) is 0 Å². The zero-order valence-corrected chi connectivity index (χ0v) is 18.3. The Balaban J connectivity index is 1.36. The maximum atomic E-state index is 14.5. The van der Waals surface area contributed by atoms with Crippen molar-refractivity contribution >= 4 is 17.5 Å². The molecule has 0 aliphatic heterocycles. The average molecular weight is 428 g/mol. The molecule has 4 fully saturated rings. The SMILES string of the molecule is CCn1nc(C(=O)NC2C3CC4CC2CC(O)(C4)C3)cc1N(C)c1ncc(C)cc1F. The summed E-state index contributed by atoms with van der Waals surface area (Å²) < 4.78 is 16.2. The molecule has 6 rings (SSSR count). The Hall–Kier alpha value is -2.48. The van der Waals surface area contributed by atoms with Crippen LogP contribution in [0.3, 0.4) is 0 Å². The summed E-state index contributed by atoms with van der Waals surface area (Å²) in [6.45, 7) is 4.27. The molecule has 0 spiro atoms. The lowest BCUT2D eigenvalue weighted by molar-refractivity contribution is -0.136. The van der Waals surface area contributed by atoms with Crippen molar-refractivity contribution in [3.63, 3.8) is 0 Å². The Morgan fingerprint density at radius 3 is 2.65 bits per heavy atom. The lowest BCUT2D eigenvalue weighted by Crippen LogP contribution is -2.61. The number of carbonyl (C=O) groups is 1. The van der Waals surface area contributed by atoms with Gasteiger partial charge in [-0.15, -0.1) is 0 Å². The van der Waals surface area contributed by atoms with Crippen molar-refractivity contribution in [1.29, 1.82) is 0 Å². The van der Waals surface area contributed by atoms with Gasteiger partial charge in [0.2, 0.25) is 0 Å². The molecule has 4 aliphatic rings. The quantitative estimate of drug-likeness (QED) is 0.766. The van der Waals surface area contributed by atoms with Gasteiger partial charge in [-0.05, 0) is 75.3 Å². The molecule has 0 radical (unpaired) electrons. The lowest BCUT2D eigenvalue weighted by atomic mass is 9.52. The Labute approximate surface area is 181 Å². The molecule has 2 N–H and O–H groups in total. The van der Waals surface area contributed by atoms with Gasteiger partial charge in [0.1, 0.15) is 5.82 Å². The molecule has 0 saturated heterocycles. The number of pyridine rings is 1. The first-order valence-electron chi connectivity index (χ1n) is 11.2. The highest BCUT2D eigenvalue weighted by Crippen LogP contribution is 2.55. The van der Waals surface area contributed by atoms with E-state index in [9.17, 15) is 14.3 Å². The van der Waals surface area contributed by atoms with Crippen molar-refractivity contribution in [2.45, 2.75) is 64.1 Å². The number of nitrogens with zero attached hydrogens (tertiary/aromatic N) is 4. The number of carbonyl (C=O) groups excluding carboxylic acids is 1. The number of aliphatic hydroxyl groups is 1. The molecule has 7 nitrogen and oxygen atoms in total. The van der Waals surface area contributed by atoms with Crippen LogP contribution in [0.15, 0.2) is 18.3 Å². The minimum atomic E-state index is -0.525. The second-order valence-electron chi connectivity index (χ2n) is 9.77. The average Bonchev–Trinajstić information content (AvgIpc) is 3.13. The van der Waals surface area contributed by atoms with E-state index in [1.54, 1.807) is 35.8 Å². The number of anilines is 2. The van der Waals surface area contributed by atoms with E-state index < -0.39 is 11.4 Å². The van der Waals surface area contributed by atoms with Gasteiger partial charge in [0, 0.05) is 31.9 Å². The predicted molar refractivity (Wildman–Crippen MR) is 115 cm³/mol. The van der Waals surface area contributed by atoms with Gasteiger partial charge in [-0.2, -0.15) is 5.10 Å². The fraction of sp³-hybridized carbons (Fsp3) is 0.609. The number of nitrogens with one attached hydrogen (secondary N) is 1. The first-order valence-corrected chi connectivity index (χ1v) is 11.2. The van der Waals surface area contributed by atoms with Crippen LogP contribution in [0, 0.1) is 30.5 Å². The summed E-state index contributed by atoms with van der Waals surface area (Å²) >= 11 is 0. The highest BCUT2D eigenvalue weighted by atomic mass is 19.1. The van der Waals surface area contributed by atoms with Crippen molar-refractivity contribution in [2.24, 2.45) is 17.8 Å². The van der Waals surface area contributed by atoms with Crippen LogP contribution in [0.2, 0.25) is 0 Å². The molecule has 2 aromatic heterocycles. The van der Waals surface area contributed by atoms with Crippen LogP contribution in [0.4, 0.5) is 16.0 Å². The third-order valence-electron chi connectivity index (χ3n) is 7.45. The highest BCUT2D eigenvalue weighted by molar-refractivity contribution is 5.93. The Morgan fingerprint density at radius 1 is 1.32 bits per heavy atom. The van der Waals surface area contributed by atoms with Crippen molar-refractivity contribution in [1.82, 2.24) is 20.1 Å². The third kappa shape index (κ3) is 3.50. The molecular weight excluding hydrogens is 397 g/mol. The van der Waals surface area contributed by atoms with E-state index in [0.717, 1.165) is 37.7 Å². The Bertz CT molecular complexity index is 1010. The monoisotopic (exact) mass is 427 g/mol. The van der Waals surface area contributed by atoms with E-state index in [-0.39, 0.29) is 17.8 Å². The summed E-state index contributed by atoms with van der Waals surface area (Å²) in [5.74, 6) is 1.45. The summed E-state index contributed by atoms with van der Waals surface area (Å²) in [6.07, 6.45) is 6.26. The van der Waals surface area contributed by atoms with Crippen LogP contribution in [-0.4, -0.2) is 44.5 Å². The van der Waals surface area contributed by atoms with E-state index in [1.807, 2.05) is 6.92 Å². The zero-order valence-electron chi connectivity index (χ0n) is 18.3. The number of amides is 1. The van der Waals surface area contributed by atoms with Gasteiger partial charge in [0.05, 0.1) is 5.60 Å². The third-order valence-corrected chi connectivity index (χ3v) is 7.45. The van der Waals surface area contributed by atoms with E-state index >= 15 is 0 Å².